The second-order valence-corrected chi connectivity index (χ2v) is 8.96. The first-order chi connectivity index (χ1) is 16.6. The molecular formula is C24H19F4N5O2. The lowest BCUT2D eigenvalue weighted by Gasteiger charge is -2.41. The molecule has 1 saturated heterocycles. The van der Waals surface area contributed by atoms with Crippen LogP contribution in [-0.2, 0) is 6.18 Å². The van der Waals surface area contributed by atoms with Crippen LogP contribution in [0.2, 0.25) is 0 Å². The molecule has 2 N–H and O–H groups in total. The molecule has 180 valence electrons. The van der Waals surface area contributed by atoms with Gasteiger partial charge in [-0.2, -0.15) is 13.2 Å². The number of alkyl halides is 3. The van der Waals surface area contributed by atoms with Crippen molar-refractivity contribution in [3.63, 3.8) is 0 Å². The van der Waals surface area contributed by atoms with E-state index < -0.39 is 35.6 Å². The van der Waals surface area contributed by atoms with Gasteiger partial charge in [-0.3, -0.25) is 9.20 Å². The molecule has 0 saturated carbocycles. The number of likely N-dealkylation sites (tertiary alicyclic amines) is 1. The van der Waals surface area contributed by atoms with E-state index in [0.717, 1.165) is 18.2 Å². The molecule has 2 aliphatic rings. The molecule has 0 aliphatic carbocycles. The first kappa shape index (κ1) is 21.6. The molecule has 0 radical (unpaired) electrons. The number of halogens is 4. The Morgan fingerprint density at radius 1 is 1.17 bits per heavy atom. The fraction of sp³-hybridized carbons (Fsp3) is 0.292. The van der Waals surface area contributed by atoms with Crippen molar-refractivity contribution in [1.29, 1.82) is 0 Å². The van der Waals surface area contributed by atoms with E-state index in [1.807, 2.05) is 6.92 Å². The van der Waals surface area contributed by atoms with Gasteiger partial charge >= 0.3 is 6.18 Å². The van der Waals surface area contributed by atoms with Gasteiger partial charge in [-0.15, -0.1) is 0 Å². The molecule has 1 fully saturated rings. The van der Waals surface area contributed by atoms with E-state index in [4.69, 9.17) is 10.5 Å². The van der Waals surface area contributed by atoms with Crippen LogP contribution in [0.5, 0.6) is 5.75 Å². The van der Waals surface area contributed by atoms with Crippen LogP contribution < -0.4 is 10.5 Å². The van der Waals surface area contributed by atoms with Crippen molar-refractivity contribution >= 4 is 28.3 Å². The summed E-state index contributed by atoms with van der Waals surface area (Å²) in [6.45, 7) is 1.84. The Kier molecular flexibility index (Phi) is 4.51. The molecule has 6 rings (SSSR count). The minimum absolute atomic E-state index is 0.0977. The number of carbonyl (C=O) groups excluding carboxylic acids is 1. The van der Waals surface area contributed by atoms with E-state index in [1.165, 1.54) is 29.6 Å². The number of ether oxygens (including phenoxy) is 1. The van der Waals surface area contributed by atoms with Crippen molar-refractivity contribution in [3.05, 3.63) is 65.4 Å². The Labute approximate surface area is 196 Å². The predicted molar refractivity (Wildman–Crippen MR) is 118 cm³/mol. The lowest BCUT2D eigenvalue weighted by molar-refractivity contribution is -0.137. The molecule has 11 heteroatoms. The number of hydrogen-bond donors (Lipinski definition) is 1. The van der Waals surface area contributed by atoms with Crippen molar-refractivity contribution in [2.45, 2.75) is 44.1 Å². The lowest BCUT2D eigenvalue weighted by atomic mass is 9.89. The number of nitrogen functional groups attached to an aromatic ring is 1. The summed E-state index contributed by atoms with van der Waals surface area (Å²) in [5.41, 5.74) is 6.66. The molecule has 4 aromatic rings. The summed E-state index contributed by atoms with van der Waals surface area (Å²) in [6, 6.07) is 4.94. The quantitative estimate of drug-likeness (QED) is 0.394. The number of aromatic nitrogens is 3. The summed E-state index contributed by atoms with van der Waals surface area (Å²) in [4.78, 5) is 23.6. The maximum absolute atomic E-state index is 15.2. The van der Waals surface area contributed by atoms with Gasteiger partial charge in [0.2, 0.25) is 0 Å². The smallest absolute Gasteiger partial charge is 0.416 e. The van der Waals surface area contributed by atoms with Crippen LogP contribution in [0.25, 0.3) is 16.6 Å². The molecule has 2 aromatic carbocycles. The number of benzene rings is 2. The number of fused-ring (bicyclic) bond motifs is 6. The highest BCUT2D eigenvalue weighted by atomic mass is 19.4. The highest BCUT2D eigenvalue weighted by Crippen LogP contribution is 2.48. The number of piperidine rings is 1. The zero-order chi connectivity index (χ0) is 24.6. The first-order valence-corrected chi connectivity index (χ1v) is 11.0. The number of nitrogens with zero attached hydrogens (tertiary/aromatic N) is 4. The third kappa shape index (κ3) is 3.21. The Hall–Kier alpha value is -3.89. The zero-order valence-corrected chi connectivity index (χ0v) is 18.4. The molecule has 2 aromatic heterocycles. The summed E-state index contributed by atoms with van der Waals surface area (Å²) in [6.07, 6.45) is -0.887. The van der Waals surface area contributed by atoms with Gasteiger partial charge in [0.25, 0.3) is 5.91 Å². The number of imidazole rings is 1. The van der Waals surface area contributed by atoms with Crippen LogP contribution in [0.15, 0.2) is 42.9 Å². The Morgan fingerprint density at radius 2 is 1.97 bits per heavy atom. The normalized spacial score (nSPS) is 21.7. The highest BCUT2D eigenvalue weighted by molar-refractivity contribution is 5.99. The second-order valence-electron chi connectivity index (χ2n) is 8.96. The van der Waals surface area contributed by atoms with E-state index in [-0.39, 0.29) is 28.7 Å². The average molecular weight is 485 g/mol. The van der Waals surface area contributed by atoms with Crippen molar-refractivity contribution in [3.8, 4) is 5.75 Å². The lowest BCUT2D eigenvalue weighted by Crippen LogP contribution is -2.49. The minimum atomic E-state index is -4.51. The van der Waals surface area contributed by atoms with Crippen molar-refractivity contribution in [2.24, 2.45) is 0 Å². The average Bonchev–Trinajstić information content (AvgIpc) is 3.43. The summed E-state index contributed by atoms with van der Waals surface area (Å²) < 4.78 is 62.4. The van der Waals surface area contributed by atoms with E-state index in [2.05, 4.69) is 9.97 Å². The van der Waals surface area contributed by atoms with E-state index >= 15 is 4.39 Å². The van der Waals surface area contributed by atoms with Crippen LogP contribution in [-0.4, -0.2) is 37.3 Å². The molecule has 7 nitrogen and oxygen atoms in total. The van der Waals surface area contributed by atoms with Gasteiger partial charge < -0.3 is 15.4 Å². The van der Waals surface area contributed by atoms with Crippen molar-refractivity contribution in [2.75, 3.05) is 5.73 Å². The third-order valence-electron chi connectivity index (χ3n) is 6.86. The molecule has 3 atom stereocenters. The fourth-order valence-corrected chi connectivity index (χ4v) is 5.18. The zero-order valence-electron chi connectivity index (χ0n) is 18.4. The number of amides is 1. The standard InChI is InChI=1S/C24H19F4N5O2/c1-11-2-5-19-21(13-4-3-12(24(26,27)28)6-20(13)35-19)33(11)23(34)14-7-17-16(8-15(14)25)31-22(29)18-9-30-10-32(17)18/h3-4,6-11,19,21H,2,5H2,1H3,(H2,29,31)/t11-,19+,21+/m1/s1. The van der Waals surface area contributed by atoms with Crippen LogP contribution in [0.3, 0.4) is 0 Å². The van der Waals surface area contributed by atoms with Gasteiger partial charge in [0.15, 0.2) is 0 Å². The Morgan fingerprint density at radius 3 is 2.74 bits per heavy atom. The summed E-state index contributed by atoms with van der Waals surface area (Å²) >= 11 is 0. The molecule has 0 spiro atoms. The summed E-state index contributed by atoms with van der Waals surface area (Å²) in [5, 5.41) is 0. The molecule has 35 heavy (non-hydrogen) atoms. The largest absolute Gasteiger partial charge is 0.488 e. The van der Waals surface area contributed by atoms with E-state index in [0.29, 0.717) is 29.4 Å². The second kappa shape index (κ2) is 7.30. The third-order valence-corrected chi connectivity index (χ3v) is 6.86. The number of hydrogen-bond acceptors (Lipinski definition) is 5. The highest BCUT2D eigenvalue weighted by Gasteiger charge is 2.47. The van der Waals surface area contributed by atoms with Gasteiger partial charge in [0.05, 0.1) is 40.7 Å². The number of anilines is 1. The minimum Gasteiger partial charge on any atom is -0.488 e. The van der Waals surface area contributed by atoms with Crippen LogP contribution in [0.4, 0.5) is 23.4 Å². The Bertz CT molecular complexity index is 1520. The van der Waals surface area contributed by atoms with E-state index in [1.54, 1.807) is 4.40 Å². The van der Waals surface area contributed by atoms with Gasteiger partial charge in [0, 0.05) is 17.7 Å². The number of carbonyl (C=O) groups is 1. The van der Waals surface area contributed by atoms with Crippen LogP contribution >= 0.6 is 0 Å². The molecular weight excluding hydrogens is 466 g/mol. The molecule has 0 unspecified atom stereocenters. The van der Waals surface area contributed by atoms with Gasteiger partial charge in [-0.1, -0.05) is 6.07 Å². The summed E-state index contributed by atoms with van der Waals surface area (Å²) in [5.74, 6) is -1.07. The number of nitrogens with two attached hydrogens (primary N) is 1. The van der Waals surface area contributed by atoms with Crippen LogP contribution in [0, 0.1) is 5.82 Å². The van der Waals surface area contributed by atoms with Gasteiger partial charge in [-0.05, 0) is 38.0 Å². The van der Waals surface area contributed by atoms with Gasteiger partial charge in [0.1, 0.15) is 29.0 Å². The Balaban J connectivity index is 1.46. The summed E-state index contributed by atoms with van der Waals surface area (Å²) in [7, 11) is 0. The first-order valence-electron chi connectivity index (χ1n) is 11.0. The molecule has 2 aliphatic heterocycles. The van der Waals surface area contributed by atoms with Crippen molar-refractivity contribution in [1.82, 2.24) is 19.3 Å². The van der Waals surface area contributed by atoms with E-state index in [9.17, 15) is 18.0 Å². The maximum Gasteiger partial charge on any atom is 0.416 e. The predicted octanol–water partition coefficient (Wildman–Crippen LogP) is 4.75. The van der Waals surface area contributed by atoms with Gasteiger partial charge in [-0.25, -0.2) is 14.4 Å². The number of rotatable bonds is 1. The fourth-order valence-electron chi connectivity index (χ4n) is 5.18. The monoisotopic (exact) mass is 485 g/mol. The maximum atomic E-state index is 15.2. The van der Waals surface area contributed by atoms with Crippen LogP contribution in [0.1, 0.15) is 47.3 Å². The SMILES string of the molecule is C[C@@H]1CC[C@@H]2Oc3cc(C(F)(F)F)ccc3[C@@H]2N1C(=O)c1cc2c(cc1F)nc(N)c1cncn12. The molecule has 1 amide bonds. The van der Waals surface area contributed by atoms with Crippen molar-refractivity contribution < 1.29 is 27.1 Å². The topological polar surface area (TPSA) is 85.8 Å². The molecule has 4 heterocycles. The molecule has 0 bridgehead atoms.